The molecule has 4 rings (SSSR count). The molecule has 2 heteroatoms. The summed E-state index contributed by atoms with van der Waals surface area (Å²) in [6, 6.07) is 31.2. The van der Waals surface area contributed by atoms with E-state index in [1.165, 1.54) is 12.0 Å². The predicted molar refractivity (Wildman–Crippen MR) is 120 cm³/mol. The Morgan fingerprint density at radius 2 is 1.21 bits per heavy atom. The molecule has 150 valence electrons. The van der Waals surface area contributed by atoms with Crippen LogP contribution < -0.4 is 0 Å². The molecule has 1 heterocycles. The first-order chi connectivity index (χ1) is 14.3. The summed E-state index contributed by atoms with van der Waals surface area (Å²) in [6.07, 6.45) is 4.37. The van der Waals surface area contributed by atoms with Crippen molar-refractivity contribution in [3.05, 3.63) is 108 Å². The van der Waals surface area contributed by atoms with Gasteiger partial charge in [0.25, 0.3) is 0 Å². The maximum absolute atomic E-state index is 12.0. The Hall–Kier alpha value is -2.42. The molecular formula is C27H31NO. The molecule has 0 unspecified atom stereocenters. The lowest BCUT2D eigenvalue weighted by molar-refractivity contribution is -0.0142. The van der Waals surface area contributed by atoms with Crippen LogP contribution in [0.15, 0.2) is 91.0 Å². The molecule has 1 saturated heterocycles. The Bertz CT molecular complexity index is 815. The van der Waals surface area contributed by atoms with E-state index < -0.39 is 5.60 Å². The van der Waals surface area contributed by atoms with Crippen molar-refractivity contribution < 1.29 is 5.11 Å². The van der Waals surface area contributed by atoms with E-state index in [2.05, 4.69) is 59.5 Å². The molecule has 3 aromatic rings. The summed E-state index contributed by atoms with van der Waals surface area (Å²) >= 11 is 0. The largest absolute Gasteiger partial charge is 0.380 e. The van der Waals surface area contributed by atoms with Crippen molar-refractivity contribution in [2.45, 2.75) is 31.3 Å². The smallest absolute Gasteiger partial charge is 0.117 e. The number of hydrogen-bond donors (Lipinski definition) is 1. The minimum atomic E-state index is -0.918. The zero-order chi connectivity index (χ0) is 19.9. The van der Waals surface area contributed by atoms with E-state index in [1.807, 2.05) is 36.4 Å². The first-order valence-electron chi connectivity index (χ1n) is 10.9. The third kappa shape index (κ3) is 4.60. The zero-order valence-corrected chi connectivity index (χ0v) is 17.1. The highest BCUT2D eigenvalue weighted by molar-refractivity contribution is 5.37. The molecule has 0 aromatic heterocycles. The molecule has 0 atom stereocenters. The standard InChI is InChI=1S/C27H31NO/c29-27(24-14-6-2-7-15-24,25-16-8-3-9-17-25)26-18-21-28(22-19-26)20-10-13-23-11-4-1-5-12-23/h1-9,11-12,14-17,26,29H,10,13,18-22H2. The third-order valence-corrected chi connectivity index (χ3v) is 6.39. The Kier molecular flexibility index (Phi) is 6.43. The maximum Gasteiger partial charge on any atom is 0.117 e. The fourth-order valence-electron chi connectivity index (χ4n) is 4.75. The summed E-state index contributed by atoms with van der Waals surface area (Å²) in [7, 11) is 0. The van der Waals surface area contributed by atoms with Gasteiger partial charge in [0.05, 0.1) is 0 Å². The first kappa shape index (κ1) is 19.9. The van der Waals surface area contributed by atoms with Crippen molar-refractivity contribution in [3.63, 3.8) is 0 Å². The highest BCUT2D eigenvalue weighted by Gasteiger charge is 2.41. The van der Waals surface area contributed by atoms with E-state index in [0.717, 1.165) is 50.0 Å². The molecule has 0 saturated carbocycles. The van der Waals surface area contributed by atoms with Crippen LogP contribution in [0.4, 0.5) is 0 Å². The molecule has 29 heavy (non-hydrogen) atoms. The molecular weight excluding hydrogens is 354 g/mol. The van der Waals surface area contributed by atoms with Crippen molar-refractivity contribution in [2.24, 2.45) is 5.92 Å². The molecule has 1 aliphatic heterocycles. The second-order valence-corrected chi connectivity index (χ2v) is 8.20. The minimum absolute atomic E-state index is 0.234. The van der Waals surface area contributed by atoms with Crippen molar-refractivity contribution in [1.82, 2.24) is 4.90 Å². The summed E-state index contributed by atoms with van der Waals surface area (Å²) in [5.74, 6) is 0.234. The fourth-order valence-corrected chi connectivity index (χ4v) is 4.75. The highest BCUT2D eigenvalue weighted by Crippen LogP contribution is 2.41. The average molecular weight is 386 g/mol. The van der Waals surface area contributed by atoms with Gasteiger partial charge in [-0.05, 0) is 67.9 Å². The van der Waals surface area contributed by atoms with Gasteiger partial charge >= 0.3 is 0 Å². The minimum Gasteiger partial charge on any atom is -0.380 e. The first-order valence-corrected chi connectivity index (χ1v) is 10.9. The van der Waals surface area contributed by atoms with Gasteiger partial charge in [-0.3, -0.25) is 0 Å². The maximum atomic E-state index is 12.0. The lowest BCUT2D eigenvalue weighted by atomic mass is 9.72. The number of aliphatic hydroxyl groups is 1. The van der Waals surface area contributed by atoms with Gasteiger partial charge in [0.2, 0.25) is 0 Å². The molecule has 1 N–H and O–H groups in total. The van der Waals surface area contributed by atoms with E-state index >= 15 is 0 Å². The van der Waals surface area contributed by atoms with Gasteiger partial charge in [0, 0.05) is 0 Å². The molecule has 1 fully saturated rings. The molecule has 0 aliphatic carbocycles. The van der Waals surface area contributed by atoms with Crippen LogP contribution in [0.3, 0.4) is 0 Å². The summed E-state index contributed by atoms with van der Waals surface area (Å²) in [5, 5.41) is 12.0. The highest BCUT2D eigenvalue weighted by atomic mass is 16.3. The van der Waals surface area contributed by atoms with Crippen LogP contribution in [0.25, 0.3) is 0 Å². The quantitative estimate of drug-likeness (QED) is 0.599. The number of benzene rings is 3. The second-order valence-electron chi connectivity index (χ2n) is 8.20. The van der Waals surface area contributed by atoms with Gasteiger partial charge in [-0.2, -0.15) is 0 Å². The van der Waals surface area contributed by atoms with Crippen molar-refractivity contribution in [1.29, 1.82) is 0 Å². The zero-order valence-electron chi connectivity index (χ0n) is 17.1. The van der Waals surface area contributed by atoms with Gasteiger partial charge in [-0.1, -0.05) is 91.0 Å². The summed E-state index contributed by atoms with van der Waals surface area (Å²) in [4.78, 5) is 2.57. The van der Waals surface area contributed by atoms with E-state index in [1.54, 1.807) is 0 Å². The van der Waals surface area contributed by atoms with Crippen molar-refractivity contribution in [3.8, 4) is 0 Å². The topological polar surface area (TPSA) is 23.5 Å². The van der Waals surface area contributed by atoms with Gasteiger partial charge in [-0.25, -0.2) is 0 Å². The normalized spacial score (nSPS) is 16.0. The van der Waals surface area contributed by atoms with Gasteiger partial charge in [-0.15, -0.1) is 0 Å². The Labute approximate surface area is 174 Å². The number of piperidine rings is 1. The van der Waals surface area contributed by atoms with Crippen LogP contribution >= 0.6 is 0 Å². The average Bonchev–Trinajstić information content (AvgIpc) is 2.81. The molecule has 0 amide bonds. The molecule has 3 aromatic carbocycles. The van der Waals surface area contributed by atoms with Crippen LogP contribution in [0.2, 0.25) is 0 Å². The fraction of sp³-hybridized carbons (Fsp3) is 0.333. The van der Waals surface area contributed by atoms with Gasteiger partial charge in [0.1, 0.15) is 5.60 Å². The van der Waals surface area contributed by atoms with E-state index in [0.29, 0.717) is 0 Å². The van der Waals surface area contributed by atoms with Crippen LogP contribution in [-0.2, 0) is 12.0 Å². The van der Waals surface area contributed by atoms with Crippen LogP contribution in [0, 0.1) is 5.92 Å². The lowest BCUT2D eigenvalue weighted by Crippen LogP contribution is -2.44. The molecule has 0 bridgehead atoms. The van der Waals surface area contributed by atoms with Crippen LogP contribution in [0.1, 0.15) is 36.0 Å². The SMILES string of the molecule is OC(c1ccccc1)(c1ccccc1)C1CCN(CCCc2ccccc2)CC1. The number of aryl methyl sites for hydroxylation is 1. The monoisotopic (exact) mass is 385 g/mol. The summed E-state index contributed by atoms with van der Waals surface area (Å²) in [6.45, 7) is 3.25. The van der Waals surface area contributed by atoms with E-state index in [4.69, 9.17) is 0 Å². The molecule has 0 spiro atoms. The second kappa shape index (κ2) is 9.39. The van der Waals surface area contributed by atoms with Crippen LogP contribution in [0.5, 0.6) is 0 Å². The van der Waals surface area contributed by atoms with Crippen molar-refractivity contribution >= 4 is 0 Å². The van der Waals surface area contributed by atoms with Crippen LogP contribution in [-0.4, -0.2) is 29.6 Å². The Morgan fingerprint density at radius 3 is 1.72 bits per heavy atom. The van der Waals surface area contributed by atoms with Crippen molar-refractivity contribution in [2.75, 3.05) is 19.6 Å². The third-order valence-electron chi connectivity index (χ3n) is 6.39. The predicted octanol–water partition coefficient (Wildman–Crippen LogP) is 5.27. The molecule has 2 nitrogen and oxygen atoms in total. The van der Waals surface area contributed by atoms with Gasteiger partial charge < -0.3 is 10.0 Å². The summed E-state index contributed by atoms with van der Waals surface area (Å²) in [5.41, 5.74) is 2.52. The summed E-state index contributed by atoms with van der Waals surface area (Å²) < 4.78 is 0. The number of likely N-dealkylation sites (tertiary alicyclic amines) is 1. The number of rotatable bonds is 7. The molecule has 0 radical (unpaired) electrons. The van der Waals surface area contributed by atoms with E-state index in [-0.39, 0.29) is 5.92 Å². The number of hydrogen-bond acceptors (Lipinski definition) is 2. The lowest BCUT2D eigenvalue weighted by Gasteiger charge is -2.42. The Morgan fingerprint density at radius 1 is 0.724 bits per heavy atom. The molecule has 1 aliphatic rings. The Balaban J connectivity index is 1.41. The van der Waals surface area contributed by atoms with Gasteiger partial charge in [0.15, 0.2) is 0 Å². The number of nitrogens with zero attached hydrogens (tertiary/aromatic N) is 1. The van der Waals surface area contributed by atoms with E-state index in [9.17, 15) is 5.11 Å².